The van der Waals surface area contributed by atoms with Crippen LogP contribution in [0.1, 0.15) is 12.8 Å². The van der Waals surface area contributed by atoms with Crippen molar-refractivity contribution in [1.82, 2.24) is 4.90 Å². The van der Waals surface area contributed by atoms with Crippen LogP contribution in [-0.2, 0) is 9.59 Å². The molecule has 2 atom stereocenters. The summed E-state index contributed by atoms with van der Waals surface area (Å²) in [6.07, 6.45) is 0.885. The van der Waals surface area contributed by atoms with Crippen molar-refractivity contribution in [3.05, 3.63) is 29.3 Å². The molecule has 6 nitrogen and oxygen atoms in total. The minimum atomic E-state index is -0.708. The average Bonchev–Trinajstić information content (AvgIpc) is 2.91. The third kappa shape index (κ3) is 1.76. The van der Waals surface area contributed by atoms with Gasteiger partial charge in [-0.1, -0.05) is 17.7 Å². The summed E-state index contributed by atoms with van der Waals surface area (Å²) < 4.78 is 0. The maximum absolute atomic E-state index is 12.4. The number of halogens is 1. The number of rotatable bonds is 2. The lowest BCUT2D eigenvalue weighted by molar-refractivity contribution is -0.122. The van der Waals surface area contributed by atoms with Crippen LogP contribution in [0, 0.1) is 0 Å². The number of primary amides is 1. The molecule has 104 valence electrons. The maximum Gasteiger partial charge on any atom is 0.332 e. The van der Waals surface area contributed by atoms with Crippen LogP contribution in [0.15, 0.2) is 24.3 Å². The van der Waals surface area contributed by atoms with Gasteiger partial charge >= 0.3 is 6.03 Å². The predicted molar refractivity (Wildman–Crippen MR) is 72.2 cm³/mol. The third-order valence-electron chi connectivity index (χ3n) is 3.70. The van der Waals surface area contributed by atoms with Crippen molar-refractivity contribution in [3.8, 4) is 0 Å². The smallest absolute Gasteiger partial charge is 0.332 e. The normalized spacial score (nSPS) is 25.2. The summed E-state index contributed by atoms with van der Waals surface area (Å²) in [5.74, 6) is -0.914. The molecule has 0 radical (unpaired) electrons. The van der Waals surface area contributed by atoms with E-state index in [0.717, 1.165) is 4.90 Å². The molecule has 2 unspecified atom stereocenters. The van der Waals surface area contributed by atoms with Crippen LogP contribution in [0.3, 0.4) is 0 Å². The van der Waals surface area contributed by atoms with E-state index in [1.165, 1.54) is 4.90 Å². The lowest BCUT2D eigenvalue weighted by atomic mass is 10.1. The number of hydrogen-bond acceptors (Lipinski definition) is 3. The Morgan fingerprint density at radius 2 is 2.05 bits per heavy atom. The summed E-state index contributed by atoms with van der Waals surface area (Å²) in [7, 11) is 0. The Morgan fingerprint density at radius 3 is 2.70 bits per heavy atom. The van der Waals surface area contributed by atoms with Crippen molar-refractivity contribution in [2.24, 2.45) is 5.73 Å². The van der Waals surface area contributed by atoms with Gasteiger partial charge in [-0.15, -0.1) is 0 Å². The highest BCUT2D eigenvalue weighted by Gasteiger charge is 2.53. The second kappa shape index (κ2) is 4.49. The molecule has 2 saturated heterocycles. The summed E-state index contributed by atoms with van der Waals surface area (Å²) in [6, 6.07) is 4.67. The van der Waals surface area contributed by atoms with Gasteiger partial charge in [0, 0.05) is 5.02 Å². The zero-order valence-corrected chi connectivity index (χ0v) is 11.2. The number of carbonyl (C=O) groups is 3. The molecule has 20 heavy (non-hydrogen) atoms. The first kappa shape index (κ1) is 12.9. The standard InChI is InChI=1S/C13H12ClN3O3/c14-7-2-1-3-8(6-7)16-12(19)10-5-4-9(11(15)18)17(10)13(16)20/h1-3,6,9-10H,4-5H2,(H2,15,18). The van der Waals surface area contributed by atoms with Gasteiger partial charge in [0.15, 0.2) is 0 Å². The molecule has 7 heteroatoms. The number of fused-ring (bicyclic) bond motifs is 1. The van der Waals surface area contributed by atoms with E-state index in [4.69, 9.17) is 17.3 Å². The molecule has 2 aliphatic heterocycles. The minimum absolute atomic E-state index is 0.332. The zero-order chi connectivity index (χ0) is 14.4. The Labute approximate surface area is 120 Å². The first-order valence-corrected chi connectivity index (χ1v) is 6.59. The number of nitrogens with two attached hydrogens (primary N) is 1. The quantitative estimate of drug-likeness (QED) is 0.830. The van der Waals surface area contributed by atoms with Crippen molar-refractivity contribution in [1.29, 1.82) is 0 Å². The second-order valence-electron chi connectivity index (χ2n) is 4.85. The molecular weight excluding hydrogens is 282 g/mol. The molecule has 0 spiro atoms. The fraction of sp³-hybridized carbons (Fsp3) is 0.308. The van der Waals surface area contributed by atoms with Crippen LogP contribution >= 0.6 is 11.6 Å². The van der Waals surface area contributed by atoms with Crippen LogP contribution in [0.4, 0.5) is 10.5 Å². The lowest BCUT2D eigenvalue weighted by Gasteiger charge is -2.20. The van der Waals surface area contributed by atoms with Gasteiger partial charge in [0.2, 0.25) is 5.91 Å². The van der Waals surface area contributed by atoms with Gasteiger partial charge in [-0.05, 0) is 31.0 Å². The van der Waals surface area contributed by atoms with Crippen molar-refractivity contribution in [2.45, 2.75) is 24.9 Å². The number of carbonyl (C=O) groups excluding carboxylic acids is 3. The molecule has 2 heterocycles. The lowest BCUT2D eigenvalue weighted by Crippen LogP contribution is -2.45. The van der Waals surface area contributed by atoms with Gasteiger partial charge in [-0.3, -0.25) is 14.5 Å². The first-order valence-electron chi connectivity index (χ1n) is 6.22. The van der Waals surface area contributed by atoms with Gasteiger partial charge in [0.05, 0.1) is 5.69 Å². The molecule has 2 N–H and O–H groups in total. The number of urea groups is 1. The molecule has 0 bridgehead atoms. The molecule has 1 aromatic carbocycles. The molecule has 1 aromatic rings. The number of hydrogen-bond donors (Lipinski definition) is 1. The van der Waals surface area contributed by atoms with Gasteiger partial charge in [0.25, 0.3) is 5.91 Å². The van der Waals surface area contributed by atoms with E-state index in [1.54, 1.807) is 24.3 Å². The fourth-order valence-corrected chi connectivity index (χ4v) is 3.00. The molecule has 2 fully saturated rings. The van der Waals surface area contributed by atoms with Crippen molar-refractivity contribution in [2.75, 3.05) is 4.90 Å². The summed E-state index contributed by atoms with van der Waals surface area (Å²) in [5.41, 5.74) is 5.69. The number of nitrogens with zero attached hydrogens (tertiary/aromatic N) is 2. The average molecular weight is 294 g/mol. The predicted octanol–water partition coefficient (Wildman–Crippen LogP) is 1.12. The van der Waals surface area contributed by atoms with Gasteiger partial charge in [-0.2, -0.15) is 0 Å². The van der Waals surface area contributed by atoms with Crippen molar-refractivity contribution >= 4 is 35.1 Å². The van der Waals surface area contributed by atoms with Crippen LogP contribution in [0.2, 0.25) is 5.02 Å². The van der Waals surface area contributed by atoms with E-state index in [-0.39, 0.29) is 5.91 Å². The second-order valence-corrected chi connectivity index (χ2v) is 5.29. The SMILES string of the molecule is NC(=O)C1CCC2C(=O)N(c3cccc(Cl)c3)C(=O)N12. The van der Waals surface area contributed by atoms with Crippen LogP contribution in [0.5, 0.6) is 0 Å². The van der Waals surface area contributed by atoms with Crippen LogP contribution < -0.4 is 10.6 Å². The summed E-state index contributed by atoms with van der Waals surface area (Å²) in [4.78, 5) is 38.5. The van der Waals surface area contributed by atoms with Crippen LogP contribution in [-0.4, -0.2) is 34.8 Å². The van der Waals surface area contributed by atoms with Crippen molar-refractivity contribution < 1.29 is 14.4 Å². The number of amides is 4. The molecule has 3 rings (SSSR count). The highest BCUT2D eigenvalue weighted by atomic mass is 35.5. The molecule has 2 aliphatic rings. The highest BCUT2D eigenvalue weighted by molar-refractivity contribution is 6.31. The summed E-state index contributed by atoms with van der Waals surface area (Å²) in [5, 5.41) is 0.432. The van der Waals surface area contributed by atoms with Gasteiger partial charge < -0.3 is 5.73 Å². The van der Waals surface area contributed by atoms with E-state index in [0.29, 0.717) is 23.6 Å². The van der Waals surface area contributed by atoms with E-state index >= 15 is 0 Å². The monoisotopic (exact) mass is 293 g/mol. The van der Waals surface area contributed by atoms with E-state index in [9.17, 15) is 14.4 Å². The zero-order valence-electron chi connectivity index (χ0n) is 10.5. The Kier molecular flexibility index (Phi) is 2.90. The number of imide groups is 1. The molecule has 4 amide bonds. The van der Waals surface area contributed by atoms with E-state index < -0.39 is 24.0 Å². The Balaban J connectivity index is 1.98. The van der Waals surface area contributed by atoms with Crippen LogP contribution in [0.25, 0.3) is 0 Å². The number of benzene rings is 1. The molecule has 0 aromatic heterocycles. The first-order chi connectivity index (χ1) is 9.50. The molecular formula is C13H12ClN3O3. The molecule has 0 aliphatic carbocycles. The Hall–Kier alpha value is -2.08. The summed E-state index contributed by atoms with van der Waals surface area (Å²) in [6.45, 7) is 0. The highest BCUT2D eigenvalue weighted by Crippen LogP contribution is 2.35. The topological polar surface area (TPSA) is 83.7 Å². The number of anilines is 1. The summed E-state index contributed by atoms with van der Waals surface area (Å²) >= 11 is 5.88. The van der Waals surface area contributed by atoms with Gasteiger partial charge in [-0.25, -0.2) is 9.69 Å². The Morgan fingerprint density at radius 1 is 1.30 bits per heavy atom. The van der Waals surface area contributed by atoms with E-state index in [1.807, 2.05) is 0 Å². The fourth-order valence-electron chi connectivity index (χ4n) is 2.81. The minimum Gasteiger partial charge on any atom is -0.368 e. The third-order valence-corrected chi connectivity index (χ3v) is 3.93. The molecule has 0 saturated carbocycles. The largest absolute Gasteiger partial charge is 0.368 e. The maximum atomic E-state index is 12.4. The Bertz CT molecular complexity index is 619. The van der Waals surface area contributed by atoms with Crippen molar-refractivity contribution in [3.63, 3.8) is 0 Å². The van der Waals surface area contributed by atoms with E-state index in [2.05, 4.69) is 0 Å². The van der Waals surface area contributed by atoms with Gasteiger partial charge in [0.1, 0.15) is 12.1 Å².